The van der Waals surface area contributed by atoms with Gasteiger partial charge in [-0.05, 0) is 29.2 Å². The van der Waals surface area contributed by atoms with E-state index in [1.165, 1.54) is 13.2 Å². The van der Waals surface area contributed by atoms with Crippen molar-refractivity contribution in [2.45, 2.75) is 20.8 Å². The number of carboxylic acid groups (broad SMARTS) is 1. The van der Waals surface area contributed by atoms with Crippen molar-refractivity contribution in [1.29, 1.82) is 0 Å². The fraction of sp³-hybridized carbons (Fsp3) is 0.357. The molecule has 0 aliphatic carbocycles. The van der Waals surface area contributed by atoms with Crippen LogP contribution in [0.3, 0.4) is 0 Å². The summed E-state index contributed by atoms with van der Waals surface area (Å²) in [5, 5.41) is 18.7. The average Bonchev–Trinajstić information content (AvgIpc) is 2.25. The van der Waals surface area contributed by atoms with Crippen molar-refractivity contribution >= 4 is 12.0 Å². The number of phenolic OH excluding ortho intramolecular Hbond substituents is 1. The van der Waals surface area contributed by atoms with E-state index in [-0.39, 0.29) is 5.75 Å². The number of hydrogen-bond acceptors (Lipinski definition) is 3. The summed E-state index contributed by atoms with van der Waals surface area (Å²) in [5.74, 6) is -0.598. The van der Waals surface area contributed by atoms with Gasteiger partial charge in [-0.1, -0.05) is 26.8 Å². The molecule has 0 heterocycles. The molecular weight excluding hydrogens is 232 g/mol. The zero-order chi connectivity index (χ0) is 13.9. The zero-order valence-electron chi connectivity index (χ0n) is 11.0. The van der Waals surface area contributed by atoms with Crippen molar-refractivity contribution in [3.05, 3.63) is 29.3 Å². The molecule has 0 aliphatic rings. The van der Waals surface area contributed by atoms with E-state index < -0.39 is 11.4 Å². The third-order valence-electron chi connectivity index (χ3n) is 2.55. The summed E-state index contributed by atoms with van der Waals surface area (Å²) < 4.78 is 4.99. The Morgan fingerprint density at radius 3 is 2.39 bits per heavy atom. The Bertz CT molecular complexity index is 481. The Morgan fingerprint density at radius 2 is 1.94 bits per heavy atom. The molecule has 0 saturated heterocycles. The van der Waals surface area contributed by atoms with Crippen molar-refractivity contribution in [2.75, 3.05) is 7.11 Å². The predicted molar refractivity (Wildman–Crippen MR) is 69.7 cm³/mol. The molecule has 1 aromatic rings. The third-order valence-corrected chi connectivity index (χ3v) is 2.55. The topological polar surface area (TPSA) is 66.8 Å². The first-order valence-corrected chi connectivity index (χ1v) is 5.58. The van der Waals surface area contributed by atoms with Gasteiger partial charge >= 0.3 is 5.97 Å². The Morgan fingerprint density at radius 1 is 1.33 bits per heavy atom. The summed E-state index contributed by atoms with van der Waals surface area (Å²) in [7, 11) is 1.45. The van der Waals surface area contributed by atoms with Crippen LogP contribution >= 0.6 is 0 Å². The molecule has 1 rings (SSSR count). The maximum absolute atomic E-state index is 11.2. The lowest BCUT2D eigenvalue weighted by Gasteiger charge is -2.19. The highest BCUT2D eigenvalue weighted by Crippen LogP contribution is 2.31. The minimum Gasteiger partial charge on any atom is -0.504 e. The molecule has 0 aliphatic heterocycles. The number of phenols is 1. The van der Waals surface area contributed by atoms with Crippen LogP contribution in [0.15, 0.2) is 23.8 Å². The molecule has 0 aromatic heterocycles. The normalized spacial score (nSPS) is 12.3. The van der Waals surface area contributed by atoms with Crippen molar-refractivity contribution in [2.24, 2.45) is 5.41 Å². The van der Waals surface area contributed by atoms with E-state index in [0.29, 0.717) is 16.9 Å². The molecule has 98 valence electrons. The van der Waals surface area contributed by atoms with Gasteiger partial charge in [0.2, 0.25) is 0 Å². The predicted octanol–water partition coefficient (Wildman–Crippen LogP) is 2.91. The van der Waals surface area contributed by atoms with Gasteiger partial charge in [-0.3, -0.25) is 0 Å². The zero-order valence-corrected chi connectivity index (χ0v) is 11.0. The van der Waals surface area contributed by atoms with E-state index in [2.05, 4.69) is 0 Å². The van der Waals surface area contributed by atoms with Gasteiger partial charge in [0.25, 0.3) is 0 Å². The number of hydrogen-bond donors (Lipinski definition) is 2. The van der Waals surface area contributed by atoms with Gasteiger partial charge in [0.1, 0.15) is 0 Å². The number of carbonyl (C=O) groups is 1. The fourth-order valence-corrected chi connectivity index (χ4v) is 1.55. The smallest absolute Gasteiger partial charge is 0.332 e. The fourth-order valence-electron chi connectivity index (χ4n) is 1.55. The summed E-state index contributed by atoms with van der Waals surface area (Å²) in [4.78, 5) is 11.2. The van der Waals surface area contributed by atoms with Crippen LogP contribution in [0.5, 0.6) is 11.5 Å². The van der Waals surface area contributed by atoms with Crippen molar-refractivity contribution in [1.82, 2.24) is 0 Å². The first kappa shape index (κ1) is 14.1. The lowest BCUT2D eigenvalue weighted by atomic mass is 9.85. The van der Waals surface area contributed by atoms with E-state index in [9.17, 15) is 15.0 Å². The van der Waals surface area contributed by atoms with Crippen LogP contribution in [0.1, 0.15) is 26.3 Å². The first-order valence-electron chi connectivity index (χ1n) is 5.58. The molecule has 4 nitrogen and oxygen atoms in total. The number of rotatable bonds is 3. The summed E-state index contributed by atoms with van der Waals surface area (Å²) >= 11 is 0. The molecule has 0 spiro atoms. The number of benzene rings is 1. The molecule has 0 radical (unpaired) electrons. The Labute approximate surface area is 107 Å². The third kappa shape index (κ3) is 3.26. The molecular formula is C14H18O4. The van der Waals surface area contributed by atoms with E-state index in [0.717, 1.165) is 0 Å². The molecule has 4 heteroatoms. The number of aromatic hydroxyl groups is 1. The number of aliphatic carboxylic acids is 1. The van der Waals surface area contributed by atoms with Gasteiger partial charge in [0.15, 0.2) is 11.5 Å². The highest BCUT2D eigenvalue weighted by molar-refractivity contribution is 5.93. The summed E-state index contributed by atoms with van der Waals surface area (Å²) in [6, 6.07) is 4.73. The maximum atomic E-state index is 11.2. The SMILES string of the molecule is COc1cc(C=C(C(=O)O)C(C)(C)C)ccc1O. The second-order valence-electron chi connectivity index (χ2n) is 5.04. The molecule has 18 heavy (non-hydrogen) atoms. The van der Waals surface area contributed by atoms with Crippen LogP contribution in [0.25, 0.3) is 6.08 Å². The minimum atomic E-state index is -0.949. The second-order valence-corrected chi connectivity index (χ2v) is 5.04. The largest absolute Gasteiger partial charge is 0.504 e. The first-order chi connectivity index (χ1) is 8.25. The quantitative estimate of drug-likeness (QED) is 0.809. The van der Waals surface area contributed by atoms with Crippen LogP contribution in [0.2, 0.25) is 0 Å². The second kappa shape index (κ2) is 5.12. The van der Waals surface area contributed by atoms with Crippen molar-refractivity contribution < 1.29 is 19.7 Å². The maximum Gasteiger partial charge on any atom is 0.332 e. The van der Waals surface area contributed by atoms with E-state index in [1.54, 1.807) is 18.2 Å². The molecule has 0 unspecified atom stereocenters. The van der Waals surface area contributed by atoms with Crippen LogP contribution in [-0.2, 0) is 4.79 Å². The van der Waals surface area contributed by atoms with Crippen molar-refractivity contribution in [3.63, 3.8) is 0 Å². The Kier molecular flexibility index (Phi) is 4.01. The lowest BCUT2D eigenvalue weighted by Crippen LogP contribution is -2.17. The van der Waals surface area contributed by atoms with E-state index >= 15 is 0 Å². The molecule has 0 saturated carbocycles. The van der Waals surface area contributed by atoms with Crippen LogP contribution in [0.4, 0.5) is 0 Å². The molecule has 0 amide bonds. The Balaban J connectivity index is 3.25. The number of carboxylic acids is 1. The summed E-state index contributed by atoms with van der Waals surface area (Å²) in [5.41, 5.74) is 0.518. The molecule has 0 fully saturated rings. The molecule has 0 bridgehead atoms. The van der Waals surface area contributed by atoms with E-state index in [4.69, 9.17) is 4.74 Å². The van der Waals surface area contributed by atoms with Gasteiger partial charge in [-0.15, -0.1) is 0 Å². The van der Waals surface area contributed by atoms with Gasteiger partial charge in [-0.25, -0.2) is 4.79 Å². The monoisotopic (exact) mass is 250 g/mol. The number of ether oxygens (including phenoxy) is 1. The highest BCUT2D eigenvalue weighted by Gasteiger charge is 2.23. The van der Waals surface area contributed by atoms with Crippen LogP contribution in [-0.4, -0.2) is 23.3 Å². The van der Waals surface area contributed by atoms with Crippen molar-refractivity contribution in [3.8, 4) is 11.5 Å². The van der Waals surface area contributed by atoms with Crippen LogP contribution in [0, 0.1) is 5.41 Å². The minimum absolute atomic E-state index is 0.0299. The van der Waals surface area contributed by atoms with Gasteiger partial charge in [0.05, 0.1) is 7.11 Å². The molecule has 0 atom stereocenters. The lowest BCUT2D eigenvalue weighted by molar-refractivity contribution is -0.133. The molecule has 1 aromatic carbocycles. The summed E-state index contributed by atoms with van der Waals surface area (Å²) in [6.45, 7) is 5.51. The van der Waals surface area contributed by atoms with E-state index in [1.807, 2.05) is 20.8 Å². The van der Waals surface area contributed by atoms with Gasteiger partial charge < -0.3 is 14.9 Å². The standard InChI is InChI=1S/C14H18O4/c1-14(2,3)10(13(16)17)7-9-5-6-11(15)12(8-9)18-4/h5-8,15H,1-4H3,(H,16,17). The Hall–Kier alpha value is -1.97. The summed E-state index contributed by atoms with van der Waals surface area (Å²) in [6.07, 6.45) is 1.59. The number of methoxy groups -OCH3 is 1. The van der Waals surface area contributed by atoms with Crippen LogP contribution < -0.4 is 4.74 Å². The van der Waals surface area contributed by atoms with Gasteiger partial charge in [0, 0.05) is 5.57 Å². The molecule has 2 N–H and O–H groups in total. The average molecular weight is 250 g/mol. The highest BCUT2D eigenvalue weighted by atomic mass is 16.5. The van der Waals surface area contributed by atoms with Gasteiger partial charge in [-0.2, -0.15) is 0 Å².